The molecule has 96 heavy (non-hydrogen) atoms. The summed E-state index contributed by atoms with van der Waals surface area (Å²) in [6, 6.07) is 85.8. The largest absolute Gasteiger partial charge is 1.00 e. The van der Waals surface area contributed by atoms with E-state index in [1.165, 1.54) is 42.4 Å². The van der Waals surface area contributed by atoms with E-state index in [0.29, 0.717) is 49.1 Å². The minimum atomic E-state index is -0.989. The molecule has 515 valence electrons. The van der Waals surface area contributed by atoms with Gasteiger partial charge in [-0.3, -0.25) is 19.2 Å². The van der Waals surface area contributed by atoms with Crippen molar-refractivity contribution in [1.82, 2.24) is 0 Å². The van der Waals surface area contributed by atoms with Crippen molar-refractivity contribution in [3.8, 4) is 0 Å². The van der Waals surface area contributed by atoms with Crippen molar-refractivity contribution >= 4 is 98.0 Å². The van der Waals surface area contributed by atoms with Gasteiger partial charge in [-0.1, -0.05) is 146 Å². The minimum Gasteiger partial charge on any atom is -1.00 e. The quantitative estimate of drug-likeness (QED) is 0.0322. The van der Waals surface area contributed by atoms with Crippen LogP contribution in [0.15, 0.2) is 243 Å². The molecule has 0 saturated heterocycles. The maximum absolute atomic E-state index is 12.4. The molecule has 4 saturated carbocycles. The molecule has 8 aromatic rings. The summed E-state index contributed by atoms with van der Waals surface area (Å²) in [5.41, 5.74) is 1.68. The molecule has 0 bridgehead atoms. The maximum atomic E-state index is 12.4. The van der Waals surface area contributed by atoms with Crippen LogP contribution >= 0.6 is 31.7 Å². The van der Waals surface area contributed by atoms with Crippen LogP contribution in [0.4, 0.5) is 0 Å². The molecule has 4 fully saturated rings. The molecule has 0 N–H and O–H groups in total. The Balaban J connectivity index is 0.000000228. The molecule has 8 atom stereocenters. The molecule has 0 spiro atoms. The molecule has 0 amide bonds. The SMILES string of the molecule is CCOC(=O)C1CCCC1[PH+](c1ccccc1)c1ccccc1.CCOC(=O)C1CCCC1[PH+](c1ccccc1)c1ccccc1.CCOC(=O)C1CCCC1[PH+](c1ccccc1)c1ccccc1.CCOC(=O)C1CCCC1[PH+](c1ccccc1)c1ccccc1.[Au].[Cl-].[Fe].[Fe]. The molecular weight excluding hydrogens is 1560 g/mol. The van der Waals surface area contributed by atoms with Gasteiger partial charge in [0.15, 0.2) is 0 Å². The molecule has 0 heterocycles. The Labute approximate surface area is 620 Å². The number of halogens is 1. The van der Waals surface area contributed by atoms with E-state index in [2.05, 4.69) is 243 Å². The molecular formula is C80H96AuClFe2O8P4+3. The van der Waals surface area contributed by atoms with E-state index in [4.69, 9.17) is 18.9 Å². The summed E-state index contributed by atoms with van der Waals surface area (Å²) in [5, 5.41) is 11.1. The van der Waals surface area contributed by atoms with Gasteiger partial charge in [0.1, 0.15) is 0 Å². The van der Waals surface area contributed by atoms with E-state index in [9.17, 15) is 19.2 Å². The number of ether oxygens (including phenoxy) is 4. The first kappa shape index (κ1) is 82.1. The van der Waals surface area contributed by atoms with Crippen molar-refractivity contribution in [3.05, 3.63) is 243 Å². The molecule has 0 aromatic heterocycles. The van der Waals surface area contributed by atoms with Crippen molar-refractivity contribution in [2.75, 3.05) is 26.4 Å². The molecule has 0 aliphatic heterocycles. The van der Waals surface area contributed by atoms with Crippen LogP contribution in [0.25, 0.3) is 0 Å². The molecule has 4 aliphatic rings. The Hall–Kier alpha value is -4.57. The Morgan fingerprint density at radius 1 is 0.271 bits per heavy atom. The summed E-state index contributed by atoms with van der Waals surface area (Å²) in [5.74, 6) is 0.254. The Kier molecular flexibility index (Phi) is 38.1. The van der Waals surface area contributed by atoms with E-state index in [-0.39, 0.29) is 116 Å². The zero-order chi connectivity index (χ0) is 64.3. The van der Waals surface area contributed by atoms with Gasteiger partial charge in [-0.05, 0) is 202 Å². The van der Waals surface area contributed by atoms with Gasteiger partial charge in [0.25, 0.3) is 0 Å². The summed E-state index contributed by atoms with van der Waals surface area (Å²) >= 11 is 0. The number of hydrogen-bond acceptors (Lipinski definition) is 8. The third-order valence-corrected chi connectivity index (χ3v) is 32.0. The number of hydrogen-bond donors (Lipinski definition) is 0. The Morgan fingerprint density at radius 3 is 0.531 bits per heavy atom. The van der Waals surface area contributed by atoms with Crippen LogP contribution in [-0.2, 0) is 94.6 Å². The topological polar surface area (TPSA) is 105 Å². The van der Waals surface area contributed by atoms with Gasteiger partial charge in [0, 0.05) is 56.5 Å². The zero-order valence-electron chi connectivity index (χ0n) is 55.7. The van der Waals surface area contributed by atoms with E-state index in [1.54, 1.807) is 0 Å². The first-order valence-corrected chi connectivity index (χ1v) is 40.1. The number of rotatable bonds is 20. The fourth-order valence-corrected chi connectivity index (χ4v) is 28.6. The van der Waals surface area contributed by atoms with Crippen molar-refractivity contribution in [3.63, 3.8) is 0 Å². The average molecular weight is 1650 g/mol. The average Bonchev–Trinajstić information content (AvgIpc) is 1.73. The minimum absolute atomic E-state index is 0. The van der Waals surface area contributed by atoms with Crippen LogP contribution < -0.4 is 54.8 Å². The van der Waals surface area contributed by atoms with Crippen LogP contribution in [0.2, 0.25) is 0 Å². The van der Waals surface area contributed by atoms with E-state index < -0.39 is 31.7 Å². The van der Waals surface area contributed by atoms with Gasteiger partial charge in [-0.15, -0.1) is 0 Å². The van der Waals surface area contributed by atoms with E-state index >= 15 is 0 Å². The number of esters is 4. The summed E-state index contributed by atoms with van der Waals surface area (Å²) in [7, 11) is -3.96. The summed E-state index contributed by atoms with van der Waals surface area (Å²) in [6.07, 6.45) is 12.9. The third kappa shape index (κ3) is 22.7. The first-order valence-electron chi connectivity index (χ1n) is 33.8. The van der Waals surface area contributed by atoms with Crippen molar-refractivity contribution in [2.45, 2.75) is 127 Å². The van der Waals surface area contributed by atoms with Gasteiger partial charge in [0.2, 0.25) is 0 Å². The number of benzene rings is 8. The van der Waals surface area contributed by atoms with Crippen LogP contribution in [0, 0.1) is 23.7 Å². The zero-order valence-corrected chi connectivity index (χ0v) is 64.8. The van der Waals surface area contributed by atoms with Gasteiger partial charge >= 0.3 is 23.9 Å². The molecule has 8 nitrogen and oxygen atoms in total. The summed E-state index contributed by atoms with van der Waals surface area (Å²) < 4.78 is 21.4. The fourth-order valence-electron chi connectivity index (χ4n) is 14.7. The van der Waals surface area contributed by atoms with Gasteiger partial charge in [-0.2, -0.15) is 0 Å². The van der Waals surface area contributed by atoms with Gasteiger partial charge < -0.3 is 31.4 Å². The standard InChI is InChI=1S/4C20H23O2P.Au.ClH.2Fe/c4*1-2-22-20(21)18-14-9-15-19(18)23(16-10-5-3-6-11-16)17-12-7-4-8-13-17;;;;/h4*3-8,10-13,18-19H,2,9,14-15H2,1H3;;1H;;/p+3. The van der Waals surface area contributed by atoms with Crippen molar-refractivity contribution in [1.29, 1.82) is 0 Å². The maximum Gasteiger partial charge on any atom is 0.312 e. The predicted molar refractivity (Wildman–Crippen MR) is 393 cm³/mol. The molecule has 1 radical (unpaired) electrons. The molecule has 12 rings (SSSR count). The molecule has 4 aliphatic carbocycles. The fraction of sp³-hybridized carbons (Fsp3) is 0.350. The normalized spacial score (nSPS) is 19.8. The summed E-state index contributed by atoms with van der Waals surface area (Å²) in [4.78, 5) is 49.7. The second kappa shape index (κ2) is 44.5. The van der Waals surface area contributed by atoms with Crippen molar-refractivity contribution in [2.24, 2.45) is 23.7 Å². The van der Waals surface area contributed by atoms with Crippen LogP contribution in [0.5, 0.6) is 0 Å². The molecule has 16 heteroatoms. The number of carbonyl (C=O) groups is 4. The molecule has 8 unspecified atom stereocenters. The Morgan fingerprint density at radius 2 is 0.406 bits per heavy atom. The second-order valence-corrected chi connectivity index (χ2v) is 35.1. The first-order chi connectivity index (χ1) is 45.2. The van der Waals surface area contributed by atoms with Crippen LogP contribution in [-0.4, -0.2) is 72.9 Å². The number of carbonyl (C=O) groups excluding carboxylic acids is 4. The van der Waals surface area contributed by atoms with Gasteiger partial charge in [0.05, 0.1) is 147 Å². The summed E-state index contributed by atoms with van der Waals surface area (Å²) in [6.45, 7) is 9.46. The second-order valence-electron chi connectivity index (χ2n) is 24.2. The predicted octanol–water partition coefficient (Wildman–Crippen LogP) is 11.3. The van der Waals surface area contributed by atoms with E-state index in [1.807, 2.05) is 27.7 Å². The van der Waals surface area contributed by atoms with Crippen LogP contribution in [0.3, 0.4) is 0 Å². The monoisotopic (exact) mass is 1650 g/mol. The molecule has 8 aromatic carbocycles. The van der Waals surface area contributed by atoms with Gasteiger partial charge in [-0.25, -0.2) is 0 Å². The smallest absolute Gasteiger partial charge is 0.312 e. The van der Waals surface area contributed by atoms with E-state index in [0.717, 1.165) is 77.0 Å². The Bertz CT molecular complexity index is 2840. The van der Waals surface area contributed by atoms with Crippen molar-refractivity contribution < 1.29 is 107 Å². The third-order valence-electron chi connectivity index (χ3n) is 18.6. The van der Waals surface area contributed by atoms with Crippen LogP contribution in [0.1, 0.15) is 105 Å².